The van der Waals surface area contributed by atoms with Crippen LogP contribution < -0.4 is 5.73 Å². The second-order valence-corrected chi connectivity index (χ2v) is 3.75. The van der Waals surface area contributed by atoms with Gasteiger partial charge < -0.3 is 5.73 Å². The van der Waals surface area contributed by atoms with Crippen LogP contribution in [-0.2, 0) is 5.54 Å². The van der Waals surface area contributed by atoms with Gasteiger partial charge in [-0.1, -0.05) is 11.6 Å². The van der Waals surface area contributed by atoms with Gasteiger partial charge >= 0.3 is 0 Å². The van der Waals surface area contributed by atoms with Crippen LogP contribution in [0.5, 0.6) is 0 Å². The number of rotatable bonds is 1. The Morgan fingerprint density at radius 2 is 1.92 bits per heavy atom. The lowest BCUT2D eigenvalue weighted by atomic mass is 10.1. The van der Waals surface area contributed by atoms with Gasteiger partial charge in [-0.05, 0) is 36.6 Å². The zero-order chi connectivity index (χ0) is 8.77. The van der Waals surface area contributed by atoms with E-state index >= 15 is 0 Å². The molecule has 0 amide bonds. The molecule has 0 saturated heterocycles. The molecule has 0 aromatic heterocycles. The molecule has 4 heteroatoms. The molecular formula is C9H10Cl2FN. The van der Waals surface area contributed by atoms with Gasteiger partial charge in [0.2, 0.25) is 0 Å². The largest absolute Gasteiger partial charge is 0.321 e. The molecule has 1 aliphatic rings. The van der Waals surface area contributed by atoms with Crippen LogP contribution in [0.15, 0.2) is 18.2 Å². The van der Waals surface area contributed by atoms with Crippen LogP contribution in [0.1, 0.15) is 18.4 Å². The Morgan fingerprint density at radius 1 is 1.31 bits per heavy atom. The maximum Gasteiger partial charge on any atom is 0.125 e. The minimum atomic E-state index is -0.311. The Bertz CT molecular complexity index is 303. The van der Waals surface area contributed by atoms with Gasteiger partial charge in [-0.2, -0.15) is 0 Å². The van der Waals surface area contributed by atoms with Gasteiger partial charge in [0.25, 0.3) is 0 Å². The minimum absolute atomic E-state index is 0. The van der Waals surface area contributed by atoms with E-state index < -0.39 is 0 Å². The molecule has 0 atom stereocenters. The SMILES string of the molecule is Cl.NC1(c2cc(F)cc(Cl)c2)CC1. The van der Waals surface area contributed by atoms with E-state index in [2.05, 4.69) is 0 Å². The first kappa shape index (κ1) is 10.8. The number of hydrogen-bond acceptors (Lipinski definition) is 1. The van der Waals surface area contributed by atoms with E-state index in [4.69, 9.17) is 17.3 Å². The summed E-state index contributed by atoms with van der Waals surface area (Å²) >= 11 is 5.69. The number of halogens is 3. The molecule has 0 unspecified atom stereocenters. The number of hydrogen-bond donors (Lipinski definition) is 1. The second kappa shape index (κ2) is 3.45. The van der Waals surface area contributed by atoms with Crippen LogP contribution in [0.2, 0.25) is 5.02 Å². The standard InChI is InChI=1S/C9H9ClFN.ClH/c10-7-3-6(4-8(11)5-7)9(12)1-2-9;/h3-5H,1-2,12H2;1H. The summed E-state index contributed by atoms with van der Waals surface area (Å²) in [4.78, 5) is 0. The first-order chi connectivity index (χ1) is 5.60. The lowest BCUT2D eigenvalue weighted by molar-refractivity contribution is 0.618. The summed E-state index contributed by atoms with van der Waals surface area (Å²) in [5.74, 6) is -0.311. The monoisotopic (exact) mass is 221 g/mol. The normalized spacial score (nSPS) is 17.8. The predicted molar refractivity (Wildman–Crippen MR) is 53.8 cm³/mol. The quantitative estimate of drug-likeness (QED) is 0.776. The third-order valence-electron chi connectivity index (χ3n) is 2.23. The smallest absolute Gasteiger partial charge is 0.125 e. The summed E-state index contributed by atoms with van der Waals surface area (Å²) in [6.45, 7) is 0. The third kappa shape index (κ3) is 2.13. The van der Waals surface area contributed by atoms with Crippen molar-refractivity contribution in [1.29, 1.82) is 0 Å². The van der Waals surface area contributed by atoms with Gasteiger partial charge in [-0.15, -0.1) is 12.4 Å². The highest BCUT2D eigenvalue weighted by atomic mass is 35.5. The van der Waals surface area contributed by atoms with E-state index in [0.717, 1.165) is 18.4 Å². The fraction of sp³-hybridized carbons (Fsp3) is 0.333. The Kier molecular flexibility index (Phi) is 2.85. The lowest BCUT2D eigenvalue weighted by Crippen LogP contribution is -2.18. The second-order valence-electron chi connectivity index (χ2n) is 3.31. The first-order valence-corrected chi connectivity index (χ1v) is 4.23. The molecule has 1 saturated carbocycles. The molecule has 1 fully saturated rings. The van der Waals surface area contributed by atoms with Crippen molar-refractivity contribution in [3.05, 3.63) is 34.6 Å². The summed E-state index contributed by atoms with van der Waals surface area (Å²) in [6.07, 6.45) is 1.85. The first-order valence-electron chi connectivity index (χ1n) is 3.86. The van der Waals surface area contributed by atoms with Gasteiger partial charge in [0.15, 0.2) is 0 Å². The van der Waals surface area contributed by atoms with Crippen molar-refractivity contribution in [2.45, 2.75) is 18.4 Å². The highest BCUT2D eigenvalue weighted by Crippen LogP contribution is 2.43. The third-order valence-corrected chi connectivity index (χ3v) is 2.44. The molecule has 2 rings (SSSR count). The van der Waals surface area contributed by atoms with Crippen molar-refractivity contribution in [1.82, 2.24) is 0 Å². The Balaban J connectivity index is 0.000000845. The van der Waals surface area contributed by atoms with E-state index in [0.29, 0.717) is 5.02 Å². The fourth-order valence-corrected chi connectivity index (χ4v) is 1.49. The maximum absolute atomic E-state index is 12.8. The van der Waals surface area contributed by atoms with E-state index in [1.165, 1.54) is 12.1 Å². The molecule has 1 aliphatic carbocycles. The summed E-state index contributed by atoms with van der Waals surface area (Å²) in [7, 11) is 0. The molecule has 0 radical (unpaired) electrons. The molecule has 72 valence electrons. The van der Waals surface area contributed by atoms with Crippen LogP contribution in [-0.4, -0.2) is 0 Å². The summed E-state index contributed by atoms with van der Waals surface area (Å²) in [5, 5.41) is 0.418. The molecule has 0 aliphatic heterocycles. The Hall–Kier alpha value is -0.310. The average molecular weight is 222 g/mol. The van der Waals surface area contributed by atoms with Crippen LogP contribution >= 0.6 is 24.0 Å². The predicted octanol–water partition coefficient (Wildman–Crippen LogP) is 2.85. The number of nitrogens with two attached hydrogens (primary N) is 1. The molecule has 2 N–H and O–H groups in total. The van der Waals surface area contributed by atoms with E-state index in [1.807, 2.05) is 0 Å². The summed E-state index contributed by atoms with van der Waals surface area (Å²) in [5.41, 5.74) is 6.39. The molecule has 0 heterocycles. The van der Waals surface area contributed by atoms with E-state index in [9.17, 15) is 4.39 Å². The zero-order valence-corrected chi connectivity index (χ0v) is 8.46. The fourth-order valence-electron chi connectivity index (χ4n) is 1.26. The van der Waals surface area contributed by atoms with Crippen molar-refractivity contribution < 1.29 is 4.39 Å². The topological polar surface area (TPSA) is 26.0 Å². The molecule has 1 aromatic carbocycles. The van der Waals surface area contributed by atoms with Gasteiger partial charge in [-0.3, -0.25) is 0 Å². The highest BCUT2D eigenvalue weighted by Gasteiger charge is 2.40. The number of benzene rings is 1. The molecule has 0 spiro atoms. The van der Waals surface area contributed by atoms with Crippen LogP contribution in [0.4, 0.5) is 4.39 Å². The van der Waals surface area contributed by atoms with Crippen LogP contribution in [0.25, 0.3) is 0 Å². The molecular weight excluding hydrogens is 212 g/mol. The van der Waals surface area contributed by atoms with Crippen molar-refractivity contribution in [2.75, 3.05) is 0 Å². The van der Waals surface area contributed by atoms with Gasteiger partial charge in [0.1, 0.15) is 5.82 Å². The molecule has 13 heavy (non-hydrogen) atoms. The van der Waals surface area contributed by atoms with Crippen molar-refractivity contribution in [2.24, 2.45) is 5.73 Å². The van der Waals surface area contributed by atoms with Gasteiger partial charge in [0.05, 0.1) is 0 Å². The molecule has 0 bridgehead atoms. The average Bonchev–Trinajstić information content (AvgIpc) is 2.67. The van der Waals surface area contributed by atoms with Crippen LogP contribution in [0.3, 0.4) is 0 Å². The summed E-state index contributed by atoms with van der Waals surface area (Å²) in [6, 6.07) is 4.48. The zero-order valence-electron chi connectivity index (χ0n) is 6.89. The van der Waals surface area contributed by atoms with Gasteiger partial charge in [-0.25, -0.2) is 4.39 Å². The Labute approximate surface area is 87.5 Å². The highest BCUT2D eigenvalue weighted by molar-refractivity contribution is 6.30. The molecule has 1 aromatic rings. The maximum atomic E-state index is 12.8. The van der Waals surface area contributed by atoms with E-state index in [-0.39, 0.29) is 23.8 Å². The van der Waals surface area contributed by atoms with Gasteiger partial charge in [0, 0.05) is 10.6 Å². The van der Waals surface area contributed by atoms with Crippen molar-refractivity contribution in [3.63, 3.8) is 0 Å². The summed E-state index contributed by atoms with van der Waals surface area (Å²) < 4.78 is 12.8. The lowest BCUT2D eigenvalue weighted by Gasteiger charge is -2.08. The van der Waals surface area contributed by atoms with Crippen molar-refractivity contribution in [3.8, 4) is 0 Å². The van der Waals surface area contributed by atoms with Crippen molar-refractivity contribution >= 4 is 24.0 Å². The minimum Gasteiger partial charge on any atom is -0.321 e. The van der Waals surface area contributed by atoms with Crippen LogP contribution in [0, 0.1) is 5.82 Å². The van der Waals surface area contributed by atoms with E-state index in [1.54, 1.807) is 6.07 Å². The Morgan fingerprint density at radius 3 is 2.38 bits per heavy atom. The molecule has 1 nitrogen and oxygen atoms in total.